The van der Waals surface area contributed by atoms with E-state index < -0.39 is 0 Å². The molecule has 8 heteroatoms. The number of halogens is 1. The molecule has 0 aromatic heterocycles. The van der Waals surface area contributed by atoms with Crippen molar-refractivity contribution < 1.29 is 14.2 Å². The van der Waals surface area contributed by atoms with Gasteiger partial charge in [-0.1, -0.05) is 25.0 Å². The van der Waals surface area contributed by atoms with Gasteiger partial charge >= 0.3 is 0 Å². The Morgan fingerprint density at radius 3 is 2.67 bits per heavy atom. The molecule has 0 spiro atoms. The Morgan fingerprint density at radius 1 is 1.15 bits per heavy atom. The summed E-state index contributed by atoms with van der Waals surface area (Å²) in [4.78, 5) is 7.22. The van der Waals surface area contributed by atoms with Crippen molar-refractivity contribution in [2.75, 3.05) is 66.3 Å². The lowest BCUT2D eigenvalue weighted by Crippen LogP contribution is -2.43. The number of methoxy groups -OCH3 is 1. The second-order valence-electron chi connectivity index (χ2n) is 8.95. The van der Waals surface area contributed by atoms with Gasteiger partial charge in [-0.2, -0.15) is 0 Å². The third kappa shape index (κ3) is 9.96. The van der Waals surface area contributed by atoms with Crippen LogP contribution in [0.4, 0.5) is 0 Å². The quantitative estimate of drug-likeness (QED) is 0.226. The molecule has 1 aliphatic carbocycles. The molecule has 2 fully saturated rings. The van der Waals surface area contributed by atoms with Crippen LogP contribution >= 0.6 is 24.0 Å². The van der Waals surface area contributed by atoms with Crippen molar-refractivity contribution in [3.05, 3.63) is 29.8 Å². The Morgan fingerprint density at radius 2 is 1.94 bits per heavy atom. The van der Waals surface area contributed by atoms with Crippen molar-refractivity contribution in [3.63, 3.8) is 0 Å². The number of aliphatic imine (C=N–C) groups is 1. The Hall–Kier alpha value is -1.10. The average Bonchev–Trinajstić information content (AvgIpc) is 3.30. The number of nitrogens with one attached hydrogen (secondary N) is 2. The molecule has 33 heavy (non-hydrogen) atoms. The van der Waals surface area contributed by atoms with Gasteiger partial charge in [0.25, 0.3) is 0 Å². The van der Waals surface area contributed by atoms with Crippen LogP contribution in [-0.4, -0.2) is 77.1 Å². The highest BCUT2D eigenvalue weighted by Crippen LogP contribution is 2.40. The van der Waals surface area contributed by atoms with Gasteiger partial charge in [-0.05, 0) is 49.3 Å². The van der Waals surface area contributed by atoms with Crippen molar-refractivity contribution in [1.29, 1.82) is 0 Å². The molecular formula is C25H43IN4O3. The molecule has 1 saturated carbocycles. The molecule has 1 saturated heterocycles. The van der Waals surface area contributed by atoms with Crippen molar-refractivity contribution in [3.8, 4) is 5.75 Å². The number of guanidine groups is 1. The number of hydrogen-bond donors (Lipinski definition) is 2. The molecule has 0 bridgehead atoms. The summed E-state index contributed by atoms with van der Waals surface area (Å²) in [5.41, 5.74) is 1.49. The minimum Gasteiger partial charge on any atom is -0.492 e. The lowest BCUT2D eigenvalue weighted by Gasteiger charge is -2.30. The van der Waals surface area contributed by atoms with E-state index in [0.29, 0.717) is 18.6 Å². The second-order valence-corrected chi connectivity index (χ2v) is 8.95. The average molecular weight is 575 g/mol. The monoisotopic (exact) mass is 574 g/mol. The van der Waals surface area contributed by atoms with E-state index in [4.69, 9.17) is 19.2 Å². The van der Waals surface area contributed by atoms with Gasteiger partial charge in [-0.15, -0.1) is 24.0 Å². The second kappa shape index (κ2) is 15.7. The Balaban J connectivity index is 0.00000385. The van der Waals surface area contributed by atoms with E-state index in [1.807, 2.05) is 12.1 Å². The molecule has 7 nitrogen and oxygen atoms in total. The highest BCUT2D eigenvalue weighted by molar-refractivity contribution is 14.0. The molecule has 3 rings (SSSR count). The van der Waals surface area contributed by atoms with Gasteiger partial charge in [-0.3, -0.25) is 4.90 Å². The first-order valence-corrected chi connectivity index (χ1v) is 12.3. The molecule has 2 aliphatic rings. The lowest BCUT2D eigenvalue weighted by molar-refractivity contribution is 0.0322. The number of morpholine rings is 1. The van der Waals surface area contributed by atoms with E-state index in [9.17, 15) is 0 Å². The van der Waals surface area contributed by atoms with Crippen LogP contribution in [-0.2, 0) is 16.0 Å². The Labute approximate surface area is 217 Å². The Kier molecular flexibility index (Phi) is 13.4. The number of ether oxygens (including phenoxy) is 3. The molecule has 1 aliphatic heterocycles. The summed E-state index contributed by atoms with van der Waals surface area (Å²) in [6.45, 7) is 10.6. The molecule has 188 valence electrons. The van der Waals surface area contributed by atoms with Gasteiger partial charge in [0.05, 0.1) is 19.8 Å². The van der Waals surface area contributed by atoms with E-state index in [1.165, 1.54) is 25.7 Å². The number of hydrogen-bond acceptors (Lipinski definition) is 5. The Bertz CT molecular complexity index is 692. The molecule has 1 heterocycles. The molecule has 2 N–H and O–H groups in total. The fraction of sp³-hybridized carbons (Fsp3) is 0.720. The lowest BCUT2D eigenvalue weighted by atomic mass is 9.83. The largest absolute Gasteiger partial charge is 0.492 e. The third-order valence-corrected chi connectivity index (χ3v) is 6.57. The molecular weight excluding hydrogens is 531 g/mol. The van der Waals surface area contributed by atoms with E-state index in [-0.39, 0.29) is 24.0 Å². The zero-order valence-electron chi connectivity index (χ0n) is 20.4. The molecule has 1 aromatic rings. The summed E-state index contributed by atoms with van der Waals surface area (Å²) >= 11 is 0. The highest BCUT2D eigenvalue weighted by Gasteiger charge is 2.33. The molecule has 0 amide bonds. The van der Waals surface area contributed by atoms with E-state index in [0.717, 1.165) is 76.2 Å². The molecule has 0 radical (unpaired) electrons. The molecule has 0 atom stereocenters. The van der Waals surface area contributed by atoms with Gasteiger partial charge in [0.2, 0.25) is 0 Å². The van der Waals surface area contributed by atoms with Crippen LogP contribution in [0.15, 0.2) is 29.3 Å². The van der Waals surface area contributed by atoms with E-state index in [2.05, 4.69) is 34.6 Å². The fourth-order valence-electron chi connectivity index (χ4n) is 4.59. The highest BCUT2D eigenvalue weighted by atomic mass is 127. The first-order chi connectivity index (χ1) is 15.7. The van der Waals surface area contributed by atoms with Crippen LogP contribution in [0.2, 0.25) is 0 Å². The maximum atomic E-state index is 6.00. The number of nitrogens with zero attached hydrogens (tertiary/aromatic N) is 2. The SMILES string of the molecule is CCNC(=NCc1cccc(OCCN2CCOCC2)c1)NCC1(CCOC)CCCC1.I. The summed E-state index contributed by atoms with van der Waals surface area (Å²) in [6, 6.07) is 8.28. The van der Waals surface area contributed by atoms with Gasteiger partial charge in [-0.25, -0.2) is 4.99 Å². The van der Waals surface area contributed by atoms with Crippen molar-refractivity contribution in [2.45, 2.75) is 45.6 Å². The summed E-state index contributed by atoms with van der Waals surface area (Å²) in [7, 11) is 1.79. The van der Waals surface area contributed by atoms with Crippen LogP contribution in [0.3, 0.4) is 0 Å². The first-order valence-electron chi connectivity index (χ1n) is 12.3. The smallest absolute Gasteiger partial charge is 0.191 e. The van der Waals surface area contributed by atoms with Crippen LogP contribution < -0.4 is 15.4 Å². The maximum Gasteiger partial charge on any atom is 0.191 e. The van der Waals surface area contributed by atoms with Gasteiger partial charge < -0.3 is 24.8 Å². The van der Waals surface area contributed by atoms with Crippen LogP contribution in [0.25, 0.3) is 0 Å². The number of rotatable bonds is 12. The van der Waals surface area contributed by atoms with Crippen molar-refractivity contribution in [2.24, 2.45) is 10.4 Å². The van der Waals surface area contributed by atoms with Crippen molar-refractivity contribution in [1.82, 2.24) is 15.5 Å². The summed E-state index contributed by atoms with van der Waals surface area (Å²) < 4.78 is 16.8. The van der Waals surface area contributed by atoms with Gasteiger partial charge in [0.15, 0.2) is 5.96 Å². The van der Waals surface area contributed by atoms with Crippen molar-refractivity contribution >= 4 is 29.9 Å². The minimum atomic E-state index is 0. The predicted octanol–water partition coefficient (Wildman–Crippen LogP) is 3.67. The summed E-state index contributed by atoms with van der Waals surface area (Å²) in [5.74, 6) is 1.79. The minimum absolute atomic E-state index is 0. The molecule has 1 aromatic carbocycles. The fourth-order valence-corrected chi connectivity index (χ4v) is 4.59. The standard InChI is InChI=1S/C25H42N4O3.HI/c1-3-26-24(28-21-25(11-15-30-2)9-4-5-10-25)27-20-22-7-6-8-23(19-22)32-18-14-29-12-16-31-17-13-29;/h6-8,19H,3-5,9-18,20-21H2,1-2H3,(H2,26,27,28);1H. The van der Waals surface area contributed by atoms with E-state index in [1.54, 1.807) is 7.11 Å². The molecule has 0 unspecified atom stereocenters. The predicted molar refractivity (Wildman–Crippen MR) is 145 cm³/mol. The zero-order chi connectivity index (χ0) is 22.5. The first kappa shape index (κ1) is 28.1. The van der Waals surface area contributed by atoms with Crippen LogP contribution in [0.1, 0.15) is 44.6 Å². The van der Waals surface area contributed by atoms with E-state index >= 15 is 0 Å². The normalized spacial score (nSPS) is 18.5. The number of benzene rings is 1. The summed E-state index contributed by atoms with van der Waals surface area (Å²) in [6.07, 6.45) is 6.29. The zero-order valence-corrected chi connectivity index (χ0v) is 22.8. The third-order valence-electron chi connectivity index (χ3n) is 6.57. The van der Waals surface area contributed by atoms with Crippen LogP contribution in [0.5, 0.6) is 5.75 Å². The topological polar surface area (TPSA) is 67.4 Å². The maximum absolute atomic E-state index is 6.00. The van der Waals surface area contributed by atoms with Gasteiger partial charge in [0.1, 0.15) is 12.4 Å². The van der Waals surface area contributed by atoms with Gasteiger partial charge in [0, 0.05) is 46.4 Å². The van der Waals surface area contributed by atoms with Crippen LogP contribution in [0, 0.1) is 5.41 Å². The summed E-state index contributed by atoms with van der Waals surface area (Å²) in [5, 5.41) is 7.00.